The molecule has 0 aliphatic carbocycles. The SMILES string of the molecule is COC(=O)CCCC(=O)[C@@H]1O[P@@](=O)(OCOC(=O)N[C@H](COCc2ccccc2)CSC(=O)C(C)(C)C)OCC1(C)C. The summed E-state index contributed by atoms with van der Waals surface area (Å²) in [5, 5.41) is 2.59. The number of thioether (sulfide) groups is 1. The van der Waals surface area contributed by atoms with Crippen molar-refractivity contribution in [2.75, 3.05) is 32.9 Å². The highest BCUT2D eigenvalue weighted by Crippen LogP contribution is 2.57. The van der Waals surface area contributed by atoms with Crippen molar-refractivity contribution in [2.24, 2.45) is 10.8 Å². The second-order valence-corrected chi connectivity index (χ2v) is 14.1. The van der Waals surface area contributed by atoms with E-state index in [9.17, 15) is 23.7 Å². The van der Waals surface area contributed by atoms with Crippen LogP contribution in [0.1, 0.15) is 59.4 Å². The van der Waals surface area contributed by atoms with Crippen LogP contribution in [0.3, 0.4) is 0 Å². The highest BCUT2D eigenvalue weighted by atomic mass is 32.2. The number of hydrogen-bond donors (Lipinski definition) is 1. The van der Waals surface area contributed by atoms with E-state index >= 15 is 0 Å². The van der Waals surface area contributed by atoms with Gasteiger partial charge in [-0.05, 0) is 12.0 Å². The van der Waals surface area contributed by atoms with Gasteiger partial charge >= 0.3 is 19.9 Å². The zero-order valence-electron chi connectivity index (χ0n) is 25.0. The zero-order chi connectivity index (χ0) is 31.4. The van der Waals surface area contributed by atoms with E-state index in [0.717, 1.165) is 17.3 Å². The van der Waals surface area contributed by atoms with Crippen LogP contribution in [0, 0.1) is 10.8 Å². The van der Waals surface area contributed by atoms with Crippen molar-refractivity contribution in [2.45, 2.75) is 72.6 Å². The number of amides is 1. The Morgan fingerprint density at radius 2 is 1.83 bits per heavy atom. The summed E-state index contributed by atoms with van der Waals surface area (Å²) in [7, 11) is -2.98. The molecule has 1 saturated heterocycles. The average molecular weight is 632 g/mol. The number of carbonyl (C=O) groups is 4. The van der Waals surface area contributed by atoms with Gasteiger partial charge in [-0.15, -0.1) is 0 Å². The maximum Gasteiger partial charge on any atom is 0.478 e. The van der Waals surface area contributed by atoms with Crippen molar-refractivity contribution in [3.05, 3.63) is 35.9 Å². The van der Waals surface area contributed by atoms with E-state index < -0.39 is 49.7 Å². The number of benzene rings is 1. The minimum Gasteiger partial charge on any atom is -0.469 e. The Morgan fingerprint density at radius 3 is 2.48 bits per heavy atom. The van der Waals surface area contributed by atoms with Gasteiger partial charge in [0.05, 0.1) is 33.0 Å². The van der Waals surface area contributed by atoms with E-state index in [1.54, 1.807) is 34.6 Å². The van der Waals surface area contributed by atoms with E-state index in [2.05, 4.69) is 10.1 Å². The molecule has 42 heavy (non-hydrogen) atoms. The molecule has 0 aromatic heterocycles. The van der Waals surface area contributed by atoms with Crippen molar-refractivity contribution in [3.63, 3.8) is 0 Å². The van der Waals surface area contributed by atoms with Crippen LogP contribution in [0.25, 0.3) is 0 Å². The molecule has 14 heteroatoms. The van der Waals surface area contributed by atoms with Gasteiger partial charge in [0.25, 0.3) is 0 Å². The van der Waals surface area contributed by atoms with Crippen molar-refractivity contribution in [1.82, 2.24) is 5.32 Å². The summed E-state index contributed by atoms with van der Waals surface area (Å²) in [5.41, 5.74) is -0.422. The quantitative estimate of drug-likeness (QED) is 0.157. The number of carbonyl (C=O) groups excluding carboxylic acids is 4. The van der Waals surface area contributed by atoms with Gasteiger partial charge in [0, 0.05) is 29.4 Å². The molecule has 0 saturated carbocycles. The third-order valence-electron chi connectivity index (χ3n) is 6.04. The van der Waals surface area contributed by atoms with Crippen molar-refractivity contribution >= 4 is 42.5 Å². The fourth-order valence-electron chi connectivity index (χ4n) is 3.60. The fourth-order valence-corrected chi connectivity index (χ4v) is 6.09. The Hall–Kier alpha value is -2.28. The topological polar surface area (TPSA) is 153 Å². The molecule has 0 unspecified atom stereocenters. The first-order valence-corrected chi connectivity index (χ1v) is 16.0. The van der Waals surface area contributed by atoms with Gasteiger partial charge in [0.2, 0.25) is 6.79 Å². The number of alkyl carbamates (subject to hydrolysis) is 1. The normalized spacial score (nSPS) is 20.8. The molecule has 0 spiro atoms. The number of rotatable bonds is 15. The summed E-state index contributed by atoms with van der Waals surface area (Å²) < 4.78 is 44.3. The first-order valence-electron chi connectivity index (χ1n) is 13.5. The van der Waals surface area contributed by atoms with Crippen molar-refractivity contribution < 1.29 is 51.5 Å². The maximum atomic E-state index is 13.0. The third-order valence-corrected chi connectivity index (χ3v) is 8.82. The molecule has 1 fully saturated rings. The maximum absolute atomic E-state index is 13.0. The van der Waals surface area contributed by atoms with Crippen LogP contribution in [0.2, 0.25) is 0 Å². The molecule has 3 atom stereocenters. The second kappa shape index (κ2) is 16.5. The molecule has 1 aromatic rings. The van der Waals surface area contributed by atoms with Crippen LogP contribution in [-0.2, 0) is 53.3 Å². The Balaban J connectivity index is 1.89. The average Bonchev–Trinajstić information content (AvgIpc) is 2.92. The van der Waals surface area contributed by atoms with Gasteiger partial charge in [0.15, 0.2) is 10.9 Å². The molecular formula is C28H42NO11PS. The van der Waals surface area contributed by atoms with Crippen LogP contribution in [0.15, 0.2) is 30.3 Å². The van der Waals surface area contributed by atoms with Gasteiger partial charge in [-0.2, -0.15) is 0 Å². The molecule has 1 N–H and O–H groups in total. The van der Waals surface area contributed by atoms with E-state index in [1.165, 1.54) is 7.11 Å². The summed E-state index contributed by atoms with van der Waals surface area (Å²) in [6.07, 6.45) is -1.71. The Labute approximate surface area is 251 Å². The Morgan fingerprint density at radius 1 is 1.14 bits per heavy atom. The van der Waals surface area contributed by atoms with E-state index in [1.807, 2.05) is 30.3 Å². The fraction of sp³-hybridized carbons (Fsp3) is 0.643. The van der Waals surface area contributed by atoms with Gasteiger partial charge in [-0.1, -0.05) is 76.7 Å². The Bertz CT molecular complexity index is 1110. The van der Waals surface area contributed by atoms with Gasteiger partial charge in [0.1, 0.15) is 6.10 Å². The minimum atomic E-state index is -4.24. The number of ketones is 1. The number of Topliss-reactive ketones (excluding diaryl/α,β-unsaturated/α-hetero) is 1. The largest absolute Gasteiger partial charge is 0.478 e. The van der Waals surface area contributed by atoms with E-state index in [0.29, 0.717) is 6.61 Å². The molecule has 236 valence electrons. The third kappa shape index (κ3) is 12.5. The minimum absolute atomic E-state index is 0.00552. The highest BCUT2D eigenvalue weighted by molar-refractivity contribution is 8.13. The molecular weight excluding hydrogens is 589 g/mol. The van der Waals surface area contributed by atoms with Crippen LogP contribution in [0.5, 0.6) is 0 Å². The smallest absolute Gasteiger partial charge is 0.469 e. The molecule has 1 heterocycles. The molecule has 1 aromatic carbocycles. The number of hydrogen-bond acceptors (Lipinski definition) is 12. The van der Waals surface area contributed by atoms with Crippen LogP contribution in [0.4, 0.5) is 4.79 Å². The lowest BCUT2D eigenvalue weighted by Gasteiger charge is -2.39. The number of nitrogens with one attached hydrogen (secondary N) is 1. The van der Waals surface area contributed by atoms with E-state index in [-0.39, 0.29) is 49.1 Å². The van der Waals surface area contributed by atoms with Gasteiger partial charge in [-0.3, -0.25) is 23.4 Å². The standard InChI is InChI=1S/C28H42NO11PS/c1-27(2,3)25(32)42-17-21(16-36-15-20-11-8-7-9-12-20)29-26(33)37-19-39-41(34)38-18-28(4,5)24(40-41)22(30)13-10-14-23(31)35-6/h7-9,11-12,21,24H,10,13-19H2,1-6H3,(H,29,33)/t21-,24+,41-/m1/s1. The second-order valence-electron chi connectivity index (χ2n) is 11.5. The predicted molar refractivity (Wildman–Crippen MR) is 155 cm³/mol. The summed E-state index contributed by atoms with van der Waals surface area (Å²) in [5.74, 6) is -0.570. The van der Waals surface area contributed by atoms with Gasteiger partial charge in [-0.25, -0.2) is 13.9 Å². The number of ether oxygens (including phenoxy) is 3. The lowest BCUT2D eigenvalue weighted by molar-refractivity contribution is -0.142. The first kappa shape index (κ1) is 35.9. The molecule has 0 radical (unpaired) electrons. The molecule has 0 bridgehead atoms. The lowest BCUT2D eigenvalue weighted by atomic mass is 9.84. The molecule has 12 nitrogen and oxygen atoms in total. The number of phosphoric ester groups is 1. The molecule has 2 rings (SSSR count). The summed E-state index contributed by atoms with van der Waals surface area (Å²) in [6.45, 7) is 8.38. The highest BCUT2D eigenvalue weighted by Gasteiger charge is 2.48. The van der Waals surface area contributed by atoms with Crippen molar-refractivity contribution in [1.29, 1.82) is 0 Å². The zero-order valence-corrected chi connectivity index (χ0v) is 26.8. The first-order chi connectivity index (χ1) is 19.6. The summed E-state index contributed by atoms with van der Waals surface area (Å²) >= 11 is 1.07. The van der Waals surface area contributed by atoms with E-state index in [4.69, 9.17) is 23.0 Å². The van der Waals surface area contributed by atoms with Gasteiger partial charge < -0.3 is 19.5 Å². The molecule has 1 aliphatic rings. The summed E-state index contributed by atoms with van der Waals surface area (Å²) in [6, 6.07) is 8.90. The Kier molecular flexibility index (Phi) is 14.1. The summed E-state index contributed by atoms with van der Waals surface area (Å²) in [4.78, 5) is 49.0. The number of esters is 1. The number of phosphoric acid groups is 1. The van der Waals surface area contributed by atoms with Crippen LogP contribution >= 0.6 is 19.6 Å². The monoisotopic (exact) mass is 631 g/mol. The molecule has 1 aliphatic heterocycles. The molecule has 1 amide bonds. The van der Waals surface area contributed by atoms with Crippen molar-refractivity contribution in [3.8, 4) is 0 Å². The van der Waals surface area contributed by atoms with Crippen LogP contribution in [-0.4, -0.2) is 68.0 Å². The number of methoxy groups -OCH3 is 1. The van der Waals surface area contributed by atoms with Crippen LogP contribution < -0.4 is 5.32 Å². The lowest BCUT2D eigenvalue weighted by Crippen LogP contribution is -2.45. The predicted octanol–water partition coefficient (Wildman–Crippen LogP) is 5.04.